The summed E-state index contributed by atoms with van der Waals surface area (Å²) in [4.78, 5) is 31.5. The lowest BCUT2D eigenvalue weighted by Crippen LogP contribution is -2.27. The minimum absolute atomic E-state index is 0.0270. The Labute approximate surface area is 115 Å². The molecule has 0 aromatic carbocycles. The van der Waals surface area contributed by atoms with Gasteiger partial charge in [0.05, 0.1) is 5.56 Å². The highest BCUT2D eigenvalue weighted by Crippen LogP contribution is 2.27. The van der Waals surface area contributed by atoms with Gasteiger partial charge < -0.3 is 0 Å². The highest BCUT2D eigenvalue weighted by molar-refractivity contribution is 9.09. The van der Waals surface area contributed by atoms with Gasteiger partial charge in [-0.2, -0.15) is 9.97 Å². The Morgan fingerprint density at radius 1 is 1.35 bits per heavy atom. The van der Waals surface area contributed by atoms with Gasteiger partial charge in [0.15, 0.2) is 6.29 Å². The van der Waals surface area contributed by atoms with Crippen molar-refractivity contribution in [1.29, 1.82) is 0 Å². The van der Waals surface area contributed by atoms with Gasteiger partial charge in [0.1, 0.15) is 10.3 Å². The van der Waals surface area contributed by atoms with Gasteiger partial charge >= 0.3 is 0 Å². The largest absolute Gasteiger partial charge is 0.298 e. The smallest absolute Gasteiger partial charge is 0.235 e. The van der Waals surface area contributed by atoms with Crippen LogP contribution < -0.4 is 4.90 Å². The molecule has 1 atom stereocenters. The van der Waals surface area contributed by atoms with Crippen LogP contribution >= 0.6 is 39.1 Å². The molecular weight excluding hydrogens is 333 g/mol. The molecule has 1 aromatic heterocycles. The molecule has 17 heavy (non-hydrogen) atoms. The molecule has 5 nitrogen and oxygen atoms in total. The van der Waals surface area contributed by atoms with Crippen LogP contribution in [0.25, 0.3) is 0 Å². The highest BCUT2D eigenvalue weighted by atomic mass is 79.9. The Balaban J connectivity index is 2.41. The van der Waals surface area contributed by atoms with E-state index in [4.69, 9.17) is 23.2 Å². The van der Waals surface area contributed by atoms with E-state index in [2.05, 4.69) is 25.9 Å². The molecule has 0 saturated carbocycles. The lowest BCUT2D eigenvalue weighted by atomic mass is 10.4. The summed E-state index contributed by atoms with van der Waals surface area (Å²) in [6.07, 6.45) is 0.849. The third-order valence-corrected chi connectivity index (χ3v) is 3.47. The number of carbonyl (C=O) groups is 2. The van der Waals surface area contributed by atoms with Crippen LogP contribution in [-0.2, 0) is 4.79 Å². The van der Waals surface area contributed by atoms with Crippen LogP contribution in [-0.4, -0.2) is 33.5 Å². The van der Waals surface area contributed by atoms with E-state index in [1.165, 1.54) is 4.90 Å². The molecule has 1 fully saturated rings. The Kier molecular flexibility index (Phi) is 3.65. The first-order valence-corrected chi connectivity index (χ1v) is 6.32. The second-order valence-corrected chi connectivity index (χ2v) is 5.45. The topological polar surface area (TPSA) is 63.2 Å². The molecule has 0 bridgehead atoms. The maximum atomic E-state index is 11.6. The zero-order valence-electron chi connectivity index (χ0n) is 8.36. The molecule has 1 aromatic rings. The molecule has 0 N–H and O–H groups in total. The Morgan fingerprint density at radius 2 is 1.94 bits per heavy atom. The standard InChI is InChI=1S/C9H6BrCl2N3O2/c10-4-1-6(17)15(2-4)9-13-7(11)5(3-16)8(12)14-9/h3-4H,1-2H2. The van der Waals surface area contributed by atoms with Crippen LogP contribution in [0.15, 0.2) is 0 Å². The molecule has 1 aliphatic rings. The van der Waals surface area contributed by atoms with E-state index in [1.54, 1.807) is 0 Å². The predicted octanol–water partition coefficient (Wildman–Crippen LogP) is 2.10. The quantitative estimate of drug-likeness (QED) is 0.470. The predicted molar refractivity (Wildman–Crippen MR) is 67.1 cm³/mol. The number of halogens is 3. The summed E-state index contributed by atoms with van der Waals surface area (Å²) in [6.45, 7) is 0.450. The summed E-state index contributed by atoms with van der Waals surface area (Å²) in [5.74, 6) is 0.00964. The number of hydrogen-bond donors (Lipinski definition) is 0. The molecule has 1 saturated heterocycles. The SMILES string of the molecule is O=Cc1c(Cl)nc(N2CC(Br)CC2=O)nc1Cl. The summed E-state index contributed by atoms with van der Waals surface area (Å²) in [5, 5.41) is -0.110. The second-order valence-electron chi connectivity index (χ2n) is 3.44. The van der Waals surface area contributed by atoms with Crippen molar-refractivity contribution in [2.24, 2.45) is 0 Å². The van der Waals surface area contributed by atoms with Crippen LogP contribution in [0.4, 0.5) is 5.95 Å². The fourth-order valence-electron chi connectivity index (χ4n) is 1.48. The summed E-state index contributed by atoms with van der Waals surface area (Å²) >= 11 is 14.9. The van der Waals surface area contributed by atoms with E-state index >= 15 is 0 Å². The molecule has 0 radical (unpaired) electrons. The van der Waals surface area contributed by atoms with Gasteiger partial charge in [-0.15, -0.1) is 0 Å². The molecular formula is C9H6BrCl2N3O2. The van der Waals surface area contributed by atoms with Crippen molar-refractivity contribution in [2.75, 3.05) is 11.4 Å². The Morgan fingerprint density at radius 3 is 2.35 bits per heavy atom. The minimum atomic E-state index is -0.113. The third-order valence-electron chi connectivity index (χ3n) is 2.28. The van der Waals surface area contributed by atoms with Crippen LogP contribution in [0.3, 0.4) is 0 Å². The number of anilines is 1. The van der Waals surface area contributed by atoms with E-state index in [0.717, 1.165) is 0 Å². The summed E-state index contributed by atoms with van der Waals surface area (Å²) < 4.78 is 0. The number of aromatic nitrogens is 2. The lowest BCUT2D eigenvalue weighted by molar-refractivity contribution is -0.117. The van der Waals surface area contributed by atoms with E-state index in [0.29, 0.717) is 19.3 Å². The number of nitrogens with zero attached hydrogens (tertiary/aromatic N) is 3. The van der Waals surface area contributed by atoms with Crippen molar-refractivity contribution in [3.63, 3.8) is 0 Å². The van der Waals surface area contributed by atoms with E-state index < -0.39 is 0 Å². The fraction of sp³-hybridized carbons (Fsp3) is 0.333. The minimum Gasteiger partial charge on any atom is -0.298 e. The van der Waals surface area contributed by atoms with E-state index in [1.807, 2.05) is 0 Å². The second kappa shape index (κ2) is 4.88. The van der Waals surface area contributed by atoms with Gasteiger partial charge in [-0.25, -0.2) is 0 Å². The van der Waals surface area contributed by atoms with Crippen molar-refractivity contribution >= 4 is 57.3 Å². The van der Waals surface area contributed by atoms with Crippen LogP contribution in [0.5, 0.6) is 0 Å². The van der Waals surface area contributed by atoms with Crippen molar-refractivity contribution in [2.45, 2.75) is 11.2 Å². The van der Waals surface area contributed by atoms with Crippen LogP contribution in [0.1, 0.15) is 16.8 Å². The van der Waals surface area contributed by atoms with Crippen molar-refractivity contribution < 1.29 is 9.59 Å². The number of carbonyl (C=O) groups excluding carboxylic acids is 2. The summed E-state index contributed by atoms with van der Waals surface area (Å²) in [7, 11) is 0. The first kappa shape index (κ1) is 12.7. The summed E-state index contributed by atoms with van der Waals surface area (Å²) in [6, 6.07) is 0. The van der Waals surface area contributed by atoms with Gasteiger partial charge in [-0.1, -0.05) is 39.1 Å². The number of amides is 1. The third kappa shape index (κ3) is 2.43. The van der Waals surface area contributed by atoms with Crippen LogP contribution in [0.2, 0.25) is 10.3 Å². The molecule has 0 aliphatic carbocycles. The molecule has 2 rings (SSSR count). The highest BCUT2D eigenvalue weighted by Gasteiger charge is 2.31. The van der Waals surface area contributed by atoms with Crippen molar-refractivity contribution in [3.8, 4) is 0 Å². The molecule has 2 heterocycles. The van der Waals surface area contributed by atoms with Gasteiger partial charge in [0.2, 0.25) is 11.9 Å². The fourth-order valence-corrected chi connectivity index (χ4v) is 2.52. The number of aldehydes is 1. The number of alkyl halides is 1. The molecule has 0 spiro atoms. The van der Waals surface area contributed by atoms with Crippen molar-refractivity contribution in [3.05, 3.63) is 15.9 Å². The molecule has 8 heteroatoms. The lowest BCUT2D eigenvalue weighted by Gasteiger charge is -2.14. The average Bonchev–Trinajstić information content (AvgIpc) is 2.57. The molecule has 90 valence electrons. The first-order valence-electron chi connectivity index (χ1n) is 4.65. The molecule has 1 amide bonds. The Hall–Kier alpha value is -0.720. The zero-order chi connectivity index (χ0) is 12.6. The van der Waals surface area contributed by atoms with Gasteiger partial charge in [-0.3, -0.25) is 14.5 Å². The number of hydrogen-bond acceptors (Lipinski definition) is 4. The van der Waals surface area contributed by atoms with E-state index in [9.17, 15) is 9.59 Å². The van der Waals surface area contributed by atoms with Gasteiger partial charge in [0, 0.05) is 17.8 Å². The summed E-state index contributed by atoms with van der Waals surface area (Å²) in [5.41, 5.74) is 0.0270. The van der Waals surface area contributed by atoms with Crippen molar-refractivity contribution in [1.82, 2.24) is 9.97 Å². The Bertz CT molecular complexity index is 474. The maximum Gasteiger partial charge on any atom is 0.235 e. The number of rotatable bonds is 2. The zero-order valence-corrected chi connectivity index (χ0v) is 11.5. The van der Waals surface area contributed by atoms with E-state index in [-0.39, 0.29) is 32.6 Å². The normalized spacial score (nSPS) is 19.8. The van der Waals surface area contributed by atoms with Gasteiger partial charge in [0.25, 0.3) is 0 Å². The maximum absolute atomic E-state index is 11.6. The molecule has 1 aliphatic heterocycles. The van der Waals surface area contributed by atoms with Gasteiger partial charge in [-0.05, 0) is 0 Å². The average molecular weight is 339 g/mol. The monoisotopic (exact) mass is 337 g/mol. The molecule has 1 unspecified atom stereocenters. The van der Waals surface area contributed by atoms with Crippen LogP contribution in [0, 0.1) is 0 Å². The first-order chi connectivity index (χ1) is 8.02.